The molecule has 1 aromatic heterocycles. The second-order valence-electron chi connectivity index (χ2n) is 4.46. The van der Waals surface area contributed by atoms with Crippen molar-refractivity contribution in [2.45, 2.75) is 0 Å². The Labute approximate surface area is 122 Å². The summed E-state index contributed by atoms with van der Waals surface area (Å²) in [7, 11) is 1.61. The number of carbonyl (C=O) groups is 1. The predicted molar refractivity (Wildman–Crippen MR) is 80.2 cm³/mol. The maximum Gasteiger partial charge on any atom is 0.220 e. The number of benzene rings is 2. The highest BCUT2D eigenvalue weighted by Gasteiger charge is 2.07. The van der Waals surface area contributed by atoms with E-state index in [1.807, 2.05) is 30.3 Å². The van der Waals surface area contributed by atoms with Crippen molar-refractivity contribution < 1.29 is 14.3 Å². The summed E-state index contributed by atoms with van der Waals surface area (Å²) >= 11 is 0. The minimum atomic E-state index is 0.372. The minimum absolute atomic E-state index is 0.372. The van der Waals surface area contributed by atoms with Crippen molar-refractivity contribution in [3.8, 4) is 17.4 Å². The van der Waals surface area contributed by atoms with Gasteiger partial charge in [0.15, 0.2) is 6.29 Å². The summed E-state index contributed by atoms with van der Waals surface area (Å²) in [6.07, 6.45) is 0.739. The maximum atomic E-state index is 11.2. The van der Waals surface area contributed by atoms with E-state index in [0.717, 1.165) is 22.8 Å². The monoisotopic (exact) mass is 279 g/mol. The Morgan fingerprint density at radius 3 is 2.43 bits per heavy atom. The van der Waals surface area contributed by atoms with Crippen LogP contribution in [0.25, 0.3) is 10.8 Å². The Morgan fingerprint density at radius 2 is 1.71 bits per heavy atom. The predicted octanol–water partition coefficient (Wildman–Crippen LogP) is 3.85. The summed E-state index contributed by atoms with van der Waals surface area (Å²) in [5, 5.41) is 1.73. The lowest BCUT2D eigenvalue weighted by Crippen LogP contribution is -1.94. The van der Waals surface area contributed by atoms with Crippen LogP contribution in [0.2, 0.25) is 0 Å². The molecule has 104 valence electrons. The molecule has 2 aromatic carbocycles. The van der Waals surface area contributed by atoms with Crippen molar-refractivity contribution in [2.24, 2.45) is 0 Å². The van der Waals surface area contributed by atoms with Crippen LogP contribution in [0.4, 0.5) is 0 Å². The average Bonchev–Trinajstić information content (AvgIpc) is 2.55. The maximum absolute atomic E-state index is 11.2. The number of ether oxygens (including phenoxy) is 2. The zero-order valence-corrected chi connectivity index (χ0v) is 11.4. The molecule has 0 N–H and O–H groups in total. The number of carbonyl (C=O) groups excluding carboxylic acids is 1. The van der Waals surface area contributed by atoms with E-state index in [1.165, 1.54) is 0 Å². The number of rotatable bonds is 4. The molecule has 0 aliphatic carbocycles. The van der Waals surface area contributed by atoms with Crippen molar-refractivity contribution >= 4 is 17.1 Å². The topological polar surface area (TPSA) is 48.4 Å². The third kappa shape index (κ3) is 2.69. The van der Waals surface area contributed by atoms with Crippen molar-refractivity contribution in [2.75, 3.05) is 7.11 Å². The van der Waals surface area contributed by atoms with E-state index in [0.29, 0.717) is 17.3 Å². The molecule has 1 heterocycles. The van der Waals surface area contributed by atoms with Gasteiger partial charge in [0.2, 0.25) is 5.88 Å². The van der Waals surface area contributed by atoms with Crippen LogP contribution in [0.15, 0.2) is 54.6 Å². The number of pyridine rings is 1. The molecular formula is C17H13NO3. The highest BCUT2D eigenvalue weighted by Crippen LogP contribution is 2.26. The van der Waals surface area contributed by atoms with Gasteiger partial charge in [0.1, 0.15) is 17.2 Å². The van der Waals surface area contributed by atoms with Crippen LogP contribution < -0.4 is 9.47 Å². The molecule has 0 amide bonds. The van der Waals surface area contributed by atoms with Crippen molar-refractivity contribution in [1.82, 2.24) is 4.98 Å². The molecule has 3 aromatic rings. The van der Waals surface area contributed by atoms with E-state index in [4.69, 9.17) is 9.47 Å². The zero-order chi connectivity index (χ0) is 14.7. The lowest BCUT2D eigenvalue weighted by atomic mass is 10.1. The summed E-state index contributed by atoms with van der Waals surface area (Å²) in [5.74, 6) is 1.78. The van der Waals surface area contributed by atoms with Gasteiger partial charge in [-0.1, -0.05) is 24.3 Å². The van der Waals surface area contributed by atoms with E-state index in [2.05, 4.69) is 4.98 Å². The second kappa shape index (κ2) is 5.63. The van der Waals surface area contributed by atoms with Crippen molar-refractivity contribution in [3.05, 3.63) is 60.3 Å². The highest BCUT2D eigenvalue weighted by atomic mass is 16.5. The third-order valence-corrected chi connectivity index (χ3v) is 3.14. The minimum Gasteiger partial charge on any atom is -0.497 e. The van der Waals surface area contributed by atoms with Crippen LogP contribution in [-0.2, 0) is 0 Å². The van der Waals surface area contributed by atoms with E-state index in [9.17, 15) is 4.79 Å². The van der Waals surface area contributed by atoms with Crippen molar-refractivity contribution in [3.63, 3.8) is 0 Å². The molecule has 21 heavy (non-hydrogen) atoms. The molecule has 4 nitrogen and oxygen atoms in total. The molecule has 0 unspecified atom stereocenters. The van der Waals surface area contributed by atoms with Crippen LogP contribution in [0.1, 0.15) is 10.5 Å². The zero-order valence-electron chi connectivity index (χ0n) is 11.4. The Morgan fingerprint density at radius 1 is 1.00 bits per heavy atom. The fourth-order valence-corrected chi connectivity index (χ4v) is 2.11. The summed E-state index contributed by atoms with van der Waals surface area (Å²) in [4.78, 5) is 15.4. The smallest absolute Gasteiger partial charge is 0.220 e. The molecule has 0 bridgehead atoms. The summed E-state index contributed by atoms with van der Waals surface area (Å²) in [6, 6.07) is 16.6. The number of hydrogen-bond donors (Lipinski definition) is 0. The molecule has 0 radical (unpaired) electrons. The molecule has 0 aliphatic heterocycles. The first-order valence-electron chi connectivity index (χ1n) is 6.47. The van der Waals surface area contributed by atoms with Gasteiger partial charge in [0.05, 0.1) is 7.11 Å². The first kappa shape index (κ1) is 13.1. The number of aldehydes is 1. The molecule has 0 spiro atoms. The van der Waals surface area contributed by atoms with E-state index in [-0.39, 0.29) is 0 Å². The molecule has 0 aliphatic rings. The number of aromatic nitrogens is 1. The first-order chi connectivity index (χ1) is 10.3. The SMILES string of the molecule is COc1ccc(Oc2cc3ccccc3c(C=O)n2)cc1. The van der Waals surface area contributed by atoms with E-state index < -0.39 is 0 Å². The van der Waals surface area contributed by atoms with Gasteiger partial charge in [-0.05, 0) is 29.7 Å². The Balaban J connectivity index is 1.98. The average molecular weight is 279 g/mol. The molecule has 4 heteroatoms. The molecule has 0 saturated heterocycles. The quantitative estimate of drug-likeness (QED) is 0.681. The molecule has 3 rings (SSSR count). The van der Waals surface area contributed by atoms with Crippen molar-refractivity contribution in [1.29, 1.82) is 0 Å². The Bertz CT molecular complexity index is 782. The summed E-state index contributed by atoms with van der Waals surface area (Å²) in [5.41, 5.74) is 0.372. The van der Waals surface area contributed by atoms with Crippen LogP contribution in [0.5, 0.6) is 17.4 Å². The van der Waals surface area contributed by atoms with Crippen LogP contribution >= 0.6 is 0 Å². The van der Waals surface area contributed by atoms with Gasteiger partial charge in [-0.3, -0.25) is 4.79 Å². The van der Waals surface area contributed by atoms with Crippen LogP contribution in [-0.4, -0.2) is 18.4 Å². The van der Waals surface area contributed by atoms with Gasteiger partial charge >= 0.3 is 0 Å². The van der Waals surface area contributed by atoms with Crippen LogP contribution in [0.3, 0.4) is 0 Å². The second-order valence-corrected chi connectivity index (χ2v) is 4.46. The van der Waals surface area contributed by atoms with Gasteiger partial charge < -0.3 is 9.47 Å². The third-order valence-electron chi connectivity index (χ3n) is 3.14. The fraction of sp³-hybridized carbons (Fsp3) is 0.0588. The number of fused-ring (bicyclic) bond motifs is 1. The van der Waals surface area contributed by atoms with Gasteiger partial charge in [-0.2, -0.15) is 0 Å². The van der Waals surface area contributed by atoms with Gasteiger partial charge in [0, 0.05) is 11.5 Å². The largest absolute Gasteiger partial charge is 0.497 e. The Hall–Kier alpha value is -2.88. The first-order valence-corrected chi connectivity index (χ1v) is 6.47. The molecule has 0 fully saturated rings. The van der Waals surface area contributed by atoms with E-state index >= 15 is 0 Å². The normalized spacial score (nSPS) is 10.3. The van der Waals surface area contributed by atoms with Crippen LogP contribution in [0, 0.1) is 0 Å². The molecule has 0 saturated carbocycles. The standard InChI is InChI=1S/C17H13NO3/c1-20-13-6-8-14(9-7-13)21-17-10-12-4-2-3-5-15(12)16(11-19)18-17/h2-11H,1H3. The Kier molecular flexibility index (Phi) is 3.51. The van der Waals surface area contributed by atoms with Gasteiger partial charge in [-0.15, -0.1) is 0 Å². The molecular weight excluding hydrogens is 266 g/mol. The number of methoxy groups -OCH3 is 1. The number of nitrogens with zero attached hydrogens (tertiary/aromatic N) is 1. The number of hydrogen-bond acceptors (Lipinski definition) is 4. The lowest BCUT2D eigenvalue weighted by Gasteiger charge is -2.08. The summed E-state index contributed by atoms with van der Waals surface area (Å²) < 4.78 is 10.8. The highest BCUT2D eigenvalue weighted by molar-refractivity contribution is 5.96. The van der Waals surface area contributed by atoms with Gasteiger partial charge in [0.25, 0.3) is 0 Å². The van der Waals surface area contributed by atoms with Gasteiger partial charge in [-0.25, -0.2) is 4.98 Å². The summed E-state index contributed by atoms with van der Waals surface area (Å²) in [6.45, 7) is 0. The fourth-order valence-electron chi connectivity index (χ4n) is 2.11. The lowest BCUT2D eigenvalue weighted by molar-refractivity contribution is 0.112. The van der Waals surface area contributed by atoms with E-state index in [1.54, 1.807) is 31.4 Å². The molecule has 0 atom stereocenters.